The van der Waals surface area contributed by atoms with Crippen LogP contribution < -0.4 is 10.2 Å². The second-order valence-electron chi connectivity index (χ2n) is 6.94. The Kier molecular flexibility index (Phi) is 6.91. The van der Waals surface area contributed by atoms with E-state index in [1.807, 2.05) is 48.7 Å². The third kappa shape index (κ3) is 5.21. The first-order valence-electron chi connectivity index (χ1n) is 9.47. The van der Waals surface area contributed by atoms with Crippen molar-refractivity contribution in [2.75, 3.05) is 7.11 Å². The molecule has 0 aliphatic carbocycles. The molecule has 0 aliphatic heterocycles. The smallest absolute Gasteiger partial charge is 0.307 e. The maximum Gasteiger partial charge on any atom is 0.307 e. The van der Waals surface area contributed by atoms with Crippen LogP contribution in [0.1, 0.15) is 32.9 Å². The number of hydrazone groups is 1. The van der Waals surface area contributed by atoms with Gasteiger partial charge in [-0.05, 0) is 55.8 Å². The number of carboxylic acid groups (broad SMARTS) is 1. The van der Waals surface area contributed by atoms with Gasteiger partial charge >= 0.3 is 5.97 Å². The van der Waals surface area contributed by atoms with Crippen molar-refractivity contribution in [2.45, 2.75) is 20.3 Å². The van der Waals surface area contributed by atoms with E-state index < -0.39 is 5.97 Å². The van der Waals surface area contributed by atoms with Crippen molar-refractivity contribution in [1.82, 2.24) is 9.99 Å². The summed E-state index contributed by atoms with van der Waals surface area (Å²) in [5.74, 6) is -0.778. The largest absolute Gasteiger partial charge is 0.496 e. The van der Waals surface area contributed by atoms with Crippen molar-refractivity contribution >= 4 is 34.0 Å². The van der Waals surface area contributed by atoms with Crippen molar-refractivity contribution in [2.24, 2.45) is 5.10 Å². The van der Waals surface area contributed by atoms with Crippen LogP contribution in [0, 0.1) is 13.8 Å². The molecule has 0 radical (unpaired) electrons. The molecule has 2 aromatic carbocycles. The molecule has 0 saturated heterocycles. The number of methoxy groups -OCH3 is 1. The number of carbonyl (C=O) groups excluding carboxylic acids is 1. The molecule has 1 aromatic heterocycles. The summed E-state index contributed by atoms with van der Waals surface area (Å²) >= 11 is 3.35. The highest BCUT2D eigenvalue weighted by Crippen LogP contribution is 2.23. The Morgan fingerprint density at radius 2 is 1.87 bits per heavy atom. The van der Waals surface area contributed by atoms with Crippen molar-refractivity contribution in [3.8, 4) is 11.4 Å². The van der Waals surface area contributed by atoms with Crippen molar-refractivity contribution < 1.29 is 19.4 Å². The van der Waals surface area contributed by atoms with Gasteiger partial charge in [0.05, 0.1) is 25.3 Å². The number of aryl methyl sites for hydroxylation is 1. The number of carboxylic acids is 1. The zero-order chi connectivity index (χ0) is 22.5. The Labute approximate surface area is 188 Å². The van der Waals surface area contributed by atoms with Gasteiger partial charge in [-0.15, -0.1) is 0 Å². The number of benzene rings is 2. The third-order valence-electron chi connectivity index (χ3n) is 4.80. The van der Waals surface area contributed by atoms with Gasteiger partial charge in [-0.2, -0.15) is 5.10 Å². The topological polar surface area (TPSA) is 92.9 Å². The second kappa shape index (κ2) is 9.61. The molecule has 0 unspecified atom stereocenters. The number of nitrogens with one attached hydrogen (secondary N) is 1. The summed E-state index contributed by atoms with van der Waals surface area (Å²) in [6.07, 6.45) is 1.59. The Morgan fingerprint density at radius 3 is 2.52 bits per heavy atom. The van der Waals surface area contributed by atoms with Crippen LogP contribution in [0.25, 0.3) is 5.69 Å². The highest BCUT2D eigenvalue weighted by Gasteiger charge is 2.13. The zero-order valence-corrected chi connectivity index (χ0v) is 18.9. The molecule has 1 heterocycles. The summed E-state index contributed by atoms with van der Waals surface area (Å²) in [6, 6.07) is 14.5. The van der Waals surface area contributed by atoms with E-state index in [2.05, 4.69) is 26.5 Å². The van der Waals surface area contributed by atoms with Crippen LogP contribution in [0.2, 0.25) is 0 Å². The number of amides is 1. The fourth-order valence-corrected chi connectivity index (χ4v) is 3.69. The van der Waals surface area contributed by atoms with Gasteiger partial charge in [0.2, 0.25) is 0 Å². The fourth-order valence-electron chi connectivity index (χ4n) is 3.33. The lowest BCUT2D eigenvalue weighted by molar-refractivity contribution is -0.136. The number of carbonyl (C=O) groups is 2. The van der Waals surface area contributed by atoms with Crippen molar-refractivity contribution in [3.63, 3.8) is 0 Å². The lowest BCUT2D eigenvalue weighted by Crippen LogP contribution is -2.18. The van der Waals surface area contributed by atoms with Gasteiger partial charge in [0, 0.05) is 27.1 Å². The maximum absolute atomic E-state index is 12.5. The molecular formula is C23H22BrN3O4. The quantitative estimate of drug-likeness (QED) is 0.387. The minimum atomic E-state index is -0.859. The first-order valence-corrected chi connectivity index (χ1v) is 10.3. The number of hydrogen-bond acceptors (Lipinski definition) is 4. The molecule has 0 saturated carbocycles. The summed E-state index contributed by atoms with van der Waals surface area (Å²) < 4.78 is 8.04. The number of hydrogen-bond donors (Lipinski definition) is 2. The van der Waals surface area contributed by atoms with Gasteiger partial charge < -0.3 is 14.4 Å². The first-order chi connectivity index (χ1) is 14.8. The molecule has 8 heteroatoms. The van der Waals surface area contributed by atoms with Crippen LogP contribution in [0.5, 0.6) is 5.75 Å². The maximum atomic E-state index is 12.5. The molecule has 160 valence electrons. The summed E-state index contributed by atoms with van der Waals surface area (Å²) in [4.78, 5) is 23.3. The van der Waals surface area contributed by atoms with Gasteiger partial charge in [-0.25, -0.2) is 5.43 Å². The second-order valence-corrected chi connectivity index (χ2v) is 7.86. The number of aliphatic carboxylic acids is 1. The van der Waals surface area contributed by atoms with Gasteiger partial charge in [0.15, 0.2) is 0 Å². The van der Waals surface area contributed by atoms with E-state index in [-0.39, 0.29) is 12.3 Å². The number of nitrogens with zero attached hydrogens (tertiary/aromatic N) is 2. The molecular weight excluding hydrogens is 462 g/mol. The number of aromatic nitrogens is 1. The van der Waals surface area contributed by atoms with Gasteiger partial charge in [0.1, 0.15) is 5.75 Å². The van der Waals surface area contributed by atoms with Crippen LogP contribution in [0.4, 0.5) is 0 Å². The molecule has 2 N–H and O–H groups in total. The van der Waals surface area contributed by atoms with E-state index in [1.165, 1.54) is 7.11 Å². The molecule has 0 fully saturated rings. The lowest BCUT2D eigenvalue weighted by Gasteiger charge is -2.10. The molecule has 3 aromatic rings. The Morgan fingerprint density at radius 1 is 1.16 bits per heavy atom. The van der Waals surface area contributed by atoms with E-state index in [0.29, 0.717) is 11.3 Å². The number of rotatable bonds is 7. The molecule has 1 amide bonds. The predicted molar refractivity (Wildman–Crippen MR) is 122 cm³/mol. The third-order valence-corrected chi connectivity index (χ3v) is 5.29. The number of halogens is 1. The van der Waals surface area contributed by atoms with E-state index in [9.17, 15) is 9.59 Å². The predicted octanol–water partition coefficient (Wildman–Crippen LogP) is 4.26. The summed E-state index contributed by atoms with van der Waals surface area (Å²) in [6.45, 7) is 3.93. The molecule has 31 heavy (non-hydrogen) atoms. The fraction of sp³-hybridized carbons (Fsp3) is 0.174. The average Bonchev–Trinajstić information content (AvgIpc) is 3.01. The van der Waals surface area contributed by atoms with Crippen LogP contribution in [-0.4, -0.2) is 34.9 Å². The van der Waals surface area contributed by atoms with E-state index in [4.69, 9.17) is 9.84 Å². The van der Waals surface area contributed by atoms with Gasteiger partial charge in [0.25, 0.3) is 5.91 Å². The van der Waals surface area contributed by atoms with Gasteiger partial charge in [-0.3, -0.25) is 9.59 Å². The summed E-state index contributed by atoms with van der Waals surface area (Å²) in [5.41, 5.74) is 7.37. The van der Waals surface area contributed by atoms with Crippen LogP contribution >= 0.6 is 15.9 Å². The Bertz CT molecular complexity index is 1150. The molecule has 0 aliphatic rings. The van der Waals surface area contributed by atoms with E-state index in [1.54, 1.807) is 24.4 Å². The molecule has 7 nitrogen and oxygen atoms in total. The summed E-state index contributed by atoms with van der Waals surface area (Å²) in [7, 11) is 1.51. The highest BCUT2D eigenvalue weighted by atomic mass is 79.9. The standard InChI is InChI=1S/C23H22BrN3O4/c1-14-10-17(13-25-26-23(30)20-12-18(24)6-9-21(20)31-3)15(2)27(14)19-7-4-16(5-8-19)11-22(28)29/h4-10,12-13H,11H2,1-3H3,(H,26,30)(H,28,29)/b25-13-. The lowest BCUT2D eigenvalue weighted by atomic mass is 10.1. The molecule has 0 bridgehead atoms. The van der Waals surface area contributed by atoms with E-state index >= 15 is 0 Å². The average molecular weight is 484 g/mol. The first kappa shape index (κ1) is 22.3. The Hall–Kier alpha value is -3.39. The SMILES string of the molecule is COc1ccc(Br)cc1C(=O)N/N=C\c1cc(C)n(-c2ccc(CC(=O)O)cc2)c1C. The minimum absolute atomic E-state index is 0.00962. The van der Waals surface area contributed by atoms with Crippen LogP contribution in [0.3, 0.4) is 0 Å². The molecule has 0 atom stereocenters. The zero-order valence-electron chi connectivity index (χ0n) is 17.3. The monoisotopic (exact) mass is 483 g/mol. The highest BCUT2D eigenvalue weighted by molar-refractivity contribution is 9.10. The number of ether oxygens (including phenoxy) is 1. The van der Waals surface area contributed by atoms with Crippen LogP contribution in [0.15, 0.2) is 58.1 Å². The molecule has 0 spiro atoms. The summed E-state index contributed by atoms with van der Waals surface area (Å²) in [5, 5.41) is 13.0. The van der Waals surface area contributed by atoms with Crippen molar-refractivity contribution in [3.05, 3.63) is 81.1 Å². The van der Waals surface area contributed by atoms with Gasteiger partial charge in [-0.1, -0.05) is 28.1 Å². The Balaban J connectivity index is 1.78. The van der Waals surface area contributed by atoms with E-state index in [0.717, 1.165) is 32.7 Å². The molecule has 3 rings (SSSR count). The van der Waals surface area contributed by atoms with Crippen molar-refractivity contribution in [1.29, 1.82) is 0 Å². The van der Waals surface area contributed by atoms with Crippen LogP contribution in [-0.2, 0) is 11.2 Å². The normalized spacial score (nSPS) is 11.0. The minimum Gasteiger partial charge on any atom is -0.496 e.